The highest BCUT2D eigenvalue weighted by atomic mass is 16.5. The molecule has 1 aliphatic rings. The van der Waals surface area contributed by atoms with E-state index < -0.39 is 6.08 Å². The van der Waals surface area contributed by atoms with E-state index in [1.165, 1.54) is 0 Å². The van der Waals surface area contributed by atoms with Crippen molar-refractivity contribution in [3.63, 3.8) is 0 Å². The minimum Gasteiger partial charge on any atom is -0.377 e. The van der Waals surface area contributed by atoms with E-state index >= 15 is 0 Å². The van der Waals surface area contributed by atoms with Gasteiger partial charge in [0.25, 0.3) is 0 Å². The lowest BCUT2D eigenvalue weighted by Gasteiger charge is -2.28. The summed E-state index contributed by atoms with van der Waals surface area (Å²) < 4.78 is 13.4. The molecule has 0 radical (unpaired) electrons. The van der Waals surface area contributed by atoms with Gasteiger partial charge in [0.15, 0.2) is 0 Å². The third kappa shape index (κ3) is 3.06. The highest BCUT2D eigenvalue weighted by molar-refractivity contribution is 5.70. The van der Waals surface area contributed by atoms with Crippen LogP contribution in [-0.2, 0) is 4.74 Å². The van der Waals surface area contributed by atoms with Crippen LogP contribution in [-0.4, -0.2) is 13.2 Å². The number of para-hydroxylation sites is 2. The molecular formula is C19H19NO. The number of anilines is 2. The molecule has 0 amide bonds. The fraction of sp³-hybridized carbons (Fsp3) is 0.158. The van der Waals surface area contributed by atoms with Crippen molar-refractivity contribution in [1.82, 2.24) is 0 Å². The van der Waals surface area contributed by atoms with Gasteiger partial charge in [0, 0.05) is 24.2 Å². The molecule has 0 bridgehead atoms. The van der Waals surface area contributed by atoms with Gasteiger partial charge < -0.3 is 9.64 Å². The Hall–Kier alpha value is -2.32. The molecule has 1 unspecified atom stereocenters. The van der Waals surface area contributed by atoms with Gasteiger partial charge in [-0.25, -0.2) is 0 Å². The zero-order chi connectivity index (χ0) is 15.4. The van der Waals surface area contributed by atoms with Crippen LogP contribution in [0.2, 0.25) is 0 Å². The molecule has 21 heavy (non-hydrogen) atoms. The molecule has 0 fully saturated rings. The highest BCUT2D eigenvalue weighted by Gasteiger charge is 2.16. The highest BCUT2D eigenvalue weighted by Crippen LogP contribution is 2.31. The Labute approximate surface area is 127 Å². The van der Waals surface area contributed by atoms with Gasteiger partial charge in [0.2, 0.25) is 0 Å². The summed E-state index contributed by atoms with van der Waals surface area (Å²) in [5.41, 5.74) is 3.25. The number of hydrogen-bond acceptors (Lipinski definition) is 2. The van der Waals surface area contributed by atoms with Crippen molar-refractivity contribution in [1.29, 1.82) is 0 Å². The van der Waals surface area contributed by atoms with E-state index in [1.807, 2.05) is 42.5 Å². The maximum atomic E-state index is 8.14. The van der Waals surface area contributed by atoms with E-state index in [-0.39, 0.29) is 0 Å². The normalized spacial score (nSPS) is 21.6. The first-order valence-electron chi connectivity index (χ1n) is 7.57. The molecule has 0 aromatic heterocycles. The monoisotopic (exact) mass is 278 g/mol. The average Bonchev–Trinajstić information content (AvgIpc) is 2.59. The first kappa shape index (κ1) is 12.4. The van der Waals surface area contributed by atoms with Crippen molar-refractivity contribution < 1.29 is 6.11 Å². The second kappa shape index (κ2) is 6.42. The summed E-state index contributed by atoms with van der Waals surface area (Å²) in [7, 11) is 1.57. The molecule has 0 saturated heterocycles. The zero-order valence-electron chi connectivity index (χ0n) is 13.1. The first-order chi connectivity index (χ1) is 10.7. The Bertz CT molecular complexity index is 642. The molecule has 0 spiro atoms. The van der Waals surface area contributed by atoms with Crippen LogP contribution >= 0.6 is 0 Å². The van der Waals surface area contributed by atoms with Crippen LogP contribution < -0.4 is 4.90 Å². The molecule has 2 heteroatoms. The van der Waals surface area contributed by atoms with Crippen LogP contribution in [0, 0.1) is 0 Å². The zero-order valence-corrected chi connectivity index (χ0v) is 12.1. The van der Waals surface area contributed by atoms with Crippen LogP contribution in [0.1, 0.15) is 7.79 Å². The Morgan fingerprint density at radius 2 is 1.57 bits per heavy atom. The molecule has 0 saturated carbocycles. The molecule has 0 N–H and O–H groups in total. The Kier molecular flexibility index (Phi) is 3.80. The van der Waals surface area contributed by atoms with Crippen molar-refractivity contribution in [2.24, 2.45) is 0 Å². The first-order valence-corrected chi connectivity index (χ1v) is 7.07. The lowest BCUT2D eigenvalue weighted by atomic mass is 10.1. The van der Waals surface area contributed by atoms with Crippen molar-refractivity contribution in [3.8, 4) is 0 Å². The molecule has 2 aromatic carbocycles. The number of nitrogens with zero attached hydrogens (tertiary/aromatic N) is 1. The second-order valence-corrected chi connectivity index (χ2v) is 4.84. The molecule has 1 aliphatic carbocycles. The number of ether oxygens (including phenoxy) is 1. The van der Waals surface area contributed by atoms with Crippen molar-refractivity contribution in [3.05, 3.63) is 84.6 Å². The molecule has 2 nitrogen and oxygen atoms in total. The van der Waals surface area contributed by atoms with Crippen LogP contribution in [0.4, 0.5) is 11.4 Å². The Balaban J connectivity index is 2.00. The fourth-order valence-electron chi connectivity index (χ4n) is 2.44. The lowest BCUT2D eigenvalue weighted by Crippen LogP contribution is -2.19. The maximum absolute atomic E-state index is 8.14. The third-order valence-electron chi connectivity index (χ3n) is 3.50. The van der Waals surface area contributed by atoms with E-state index in [1.54, 1.807) is 13.2 Å². The van der Waals surface area contributed by atoms with Gasteiger partial charge in [-0.05, 0) is 36.8 Å². The molecule has 0 aliphatic heterocycles. The van der Waals surface area contributed by atoms with E-state index in [4.69, 9.17) is 6.11 Å². The summed E-state index contributed by atoms with van der Waals surface area (Å²) in [5.74, 6) is 0. The van der Waals surface area contributed by atoms with E-state index in [0.29, 0.717) is 6.42 Å². The number of allylic oxidation sites excluding steroid dienone is 1. The summed E-state index contributed by atoms with van der Waals surface area (Å²) in [4.78, 5) is 2.19. The topological polar surface area (TPSA) is 12.5 Å². The van der Waals surface area contributed by atoms with Gasteiger partial charge in [-0.1, -0.05) is 48.6 Å². The molecule has 106 valence electrons. The molecule has 0 heterocycles. The number of methoxy groups -OCH3 is 1. The molecular weight excluding hydrogens is 258 g/mol. The minimum absolute atomic E-state index is 0.533. The number of hydrogen-bond donors (Lipinski definition) is 0. The second-order valence-electron chi connectivity index (χ2n) is 4.84. The SMILES string of the molecule is [2H]C1(OC)C=CC(N(c2ccccc2)c2ccccc2)=CC1. The average molecular weight is 278 g/mol. The number of rotatable bonds is 4. The lowest BCUT2D eigenvalue weighted by molar-refractivity contribution is 0.142. The van der Waals surface area contributed by atoms with Crippen molar-refractivity contribution in [2.75, 3.05) is 12.0 Å². The maximum Gasteiger partial charge on any atom is 0.0791 e. The molecule has 3 rings (SSSR count). The predicted octanol–water partition coefficient (Wildman–Crippen LogP) is 4.68. The van der Waals surface area contributed by atoms with E-state index in [0.717, 1.165) is 17.1 Å². The van der Waals surface area contributed by atoms with Crippen LogP contribution in [0.25, 0.3) is 0 Å². The van der Waals surface area contributed by atoms with E-state index in [9.17, 15) is 0 Å². The van der Waals surface area contributed by atoms with E-state index in [2.05, 4.69) is 35.2 Å². The smallest absolute Gasteiger partial charge is 0.0791 e. The van der Waals surface area contributed by atoms with Gasteiger partial charge in [0.1, 0.15) is 0 Å². The van der Waals surface area contributed by atoms with Crippen LogP contribution in [0.5, 0.6) is 0 Å². The van der Waals surface area contributed by atoms with Crippen molar-refractivity contribution in [2.45, 2.75) is 12.5 Å². The Morgan fingerprint density at radius 1 is 1.00 bits per heavy atom. The van der Waals surface area contributed by atoms with Gasteiger partial charge >= 0.3 is 0 Å². The van der Waals surface area contributed by atoms with Crippen LogP contribution in [0.15, 0.2) is 84.6 Å². The van der Waals surface area contributed by atoms with Gasteiger partial charge in [0.05, 0.1) is 7.45 Å². The number of benzene rings is 2. The summed E-state index contributed by atoms with van der Waals surface area (Å²) in [5, 5.41) is 0. The Morgan fingerprint density at radius 3 is 2.00 bits per heavy atom. The van der Waals surface area contributed by atoms with Crippen LogP contribution in [0.3, 0.4) is 0 Å². The summed E-state index contributed by atoms with van der Waals surface area (Å²) in [6, 6.07) is 20.5. The fourth-order valence-corrected chi connectivity index (χ4v) is 2.44. The standard InChI is InChI=1S/C19H19NO/c1-21-19-14-12-18(13-15-19)20(16-8-4-2-5-9-16)17-10-6-3-7-11-17/h2-14,19H,15H2,1H3/i19D. The summed E-state index contributed by atoms with van der Waals surface area (Å²) >= 11 is 0. The summed E-state index contributed by atoms with van der Waals surface area (Å²) in [6.45, 7) is 0. The van der Waals surface area contributed by atoms with Gasteiger partial charge in [-0.2, -0.15) is 0 Å². The summed E-state index contributed by atoms with van der Waals surface area (Å²) in [6.07, 6.45) is 5.39. The molecule has 2 aromatic rings. The quantitative estimate of drug-likeness (QED) is 0.805. The molecule has 1 atom stereocenters. The minimum atomic E-state index is -0.956. The largest absolute Gasteiger partial charge is 0.377 e. The van der Waals surface area contributed by atoms with Crippen molar-refractivity contribution >= 4 is 11.4 Å². The predicted molar refractivity (Wildman–Crippen MR) is 87.7 cm³/mol. The third-order valence-corrected chi connectivity index (χ3v) is 3.50. The van der Waals surface area contributed by atoms with Gasteiger partial charge in [-0.15, -0.1) is 0 Å². The van der Waals surface area contributed by atoms with Gasteiger partial charge in [-0.3, -0.25) is 0 Å².